The van der Waals surface area contributed by atoms with Crippen LogP contribution in [0.5, 0.6) is 0 Å². The molecule has 2 amide bonds. The highest BCUT2D eigenvalue weighted by molar-refractivity contribution is 7.60. The van der Waals surface area contributed by atoms with E-state index in [0.717, 1.165) is 32.5 Å². The predicted molar refractivity (Wildman–Crippen MR) is 172 cm³/mol. The summed E-state index contributed by atoms with van der Waals surface area (Å²) in [4.78, 5) is 67.1. The SMILES string of the molecule is O=CN(c1ccc(P(=O)(O)O)cc1)c1c2c(c3c4ccc(c5ccccc54)c3c1N(C=O)c1ccc(P(=O)(O)O)cc1)C=C2. The van der Waals surface area contributed by atoms with Crippen molar-refractivity contribution in [2.45, 2.75) is 0 Å². The fourth-order valence-electron chi connectivity index (χ4n) is 6.03. The number of rotatable bonds is 8. The van der Waals surface area contributed by atoms with E-state index in [1.54, 1.807) is 0 Å². The second-order valence-corrected chi connectivity index (χ2v) is 13.6. The third-order valence-corrected chi connectivity index (χ3v) is 9.97. The molecule has 10 nitrogen and oxygen atoms in total. The largest absolute Gasteiger partial charge is 0.356 e. The van der Waals surface area contributed by atoms with E-state index in [0.29, 0.717) is 46.5 Å². The highest BCUT2D eigenvalue weighted by Crippen LogP contribution is 2.54. The molecule has 0 spiro atoms. The molecule has 0 saturated carbocycles. The first-order chi connectivity index (χ1) is 21.0. The van der Waals surface area contributed by atoms with Gasteiger partial charge in [0.2, 0.25) is 12.8 Å². The normalized spacial score (nSPS) is 12.8. The molecule has 0 heterocycles. The summed E-state index contributed by atoms with van der Waals surface area (Å²) >= 11 is 0. The number of amides is 2. The Bertz CT molecular complexity index is 2270. The van der Waals surface area contributed by atoms with Gasteiger partial charge < -0.3 is 19.6 Å². The minimum Gasteiger partial charge on any atom is -0.321 e. The molecule has 8 rings (SSSR count). The van der Waals surface area contributed by atoms with E-state index in [2.05, 4.69) is 0 Å². The molecule has 0 atom stereocenters. The summed E-state index contributed by atoms with van der Waals surface area (Å²) in [7, 11) is -9.08. The van der Waals surface area contributed by atoms with E-state index in [4.69, 9.17) is 0 Å². The van der Waals surface area contributed by atoms with Crippen LogP contribution in [-0.4, -0.2) is 32.4 Å². The van der Waals surface area contributed by atoms with E-state index in [1.807, 2.05) is 48.6 Å². The molecule has 1 aliphatic carbocycles. The van der Waals surface area contributed by atoms with Crippen LogP contribution in [0, 0.1) is 0 Å². The number of hydrogen-bond acceptors (Lipinski definition) is 4. The third kappa shape index (κ3) is 4.20. The molecule has 7 aromatic rings. The van der Waals surface area contributed by atoms with Gasteiger partial charge in [-0.05, 0) is 75.6 Å². The van der Waals surface area contributed by atoms with E-state index in [-0.39, 0.29) is 10.6 Å². The zero-order valence-electron chi connectivity index (χ0n) is 22.6. The number of carbonyl (C=O) groups is 2. The summed E-state index contributed by atoms with van der Waals surface area (Å²) in [6.07, 6.45) is 4.93. The fourth-order valence-corrected chi connectivity index (χ4v) is 7.10. The van der Waals surface area contributed by atoms with Crippen molar-refractivity contribution in [1.82, 2.24) is 0 Å². The second-order valence-electron chi connectivity index (χ2n) is 10.4. The average molecular weight is 624 g/mol. The van der Waals surface area contributed by atoms with Crippen molar-refractivity contribution in [3.05, 3.63) is 96.1 Å². The molecule has 0 aromatic heterocycles. The summed E-state index contributed by atoms with van der Waals surface area (Å²) in [5, 5.41) is 4.91. The van der Waals surface area contributed by atoms with Crippen molar-refractivity contribution in [1.29, 1.82) is 0 Å². The van der Waals surface area contributed by atoms with Gasteiger partial charge in [-0.1, -0.05) is 48.6 Å². The van der Waals surface area contributed by atoms with E-state index in [9.17, 15) is 38.3 Å². The number of carbonyl (C=O) groups excluding carboxylic acids is 2. The summed E-state index contributed by atoms with van der Waals surface area (Å²) in [6, 6.07) is 22.6. The quantitative estimate of drug-likeness (QED) is 0.101. The summed E-state index contributed by atoms with van der Waals surface area (Å²) in [5.41, 5.74) is 2.87. The average Bonchev–Trinajstić information content (AvgIpc) is 2.99. The van der Waals surface area contributed by atoms with E-state index < -0.39 is 15.2 Å². The van der Waals surface area contributed by atoms with Crippen LogP contribution in [0.25, 0.3) is 44.5 Å². The van der Waals surface area contributed by atoms with E-state index >= 15 is 0 Å². The van der Waals surface area contributed by atoms with Crippen LogP contribution >= 0.6 is 15.2 Å². The van der Waals surface area contributed by atoms with Crippen molar-refractivity contribution in [3.8, 4) is 0 Å². The number of nitrogens with zero attached hydrogens (tertiary/aromatic N) is 2. The third-order valence-electron chi connectivity index (χ3n) is 8.03. The Labute approximate surface area is 249 Å². The lowest BCUT2D eigenvalue weighted by atomic mass is 9.81. The molecule has 0 unspecified atom stereocenters. The summed E-state index contributed by atoms with van der Waals surface area (Å²) in [6.45, 7) is 0. The van der Waals surface area contributed by atoms with Gasteiger partial charge in [0.05, 0.1) is 22.0 Å². The molecule has 44 heavy (non-hydrogen) atoms. The molecule has 1 aliphatic rings. The molecule has 0 radical (unpaired) electrons. The van der Waals surface area contributed by atoms with Gasteiger partial charge in [0.15, 0.2) is 0 Å². The molecular weight excluding hydrogens is 602 g/mol. The highest BCUT2D eigenvalue weighted by atomic mass is 31.2. The summed E-state index contributed by atoms with van der Waals surface area (Å²) in [5.74, 6) is 0. The lowest BCUT2D eigenvalue weighted by molar-refractivity contribution is -0.107. The predicted octanol–water partition coefficient (Wildman–Crippen LogP) is 5.26. The Balaban J connectivity index is 1.58. The maximum atomic E-state index is 13.0. The Kier molecular flexibility index (Phi) is 6.35. The van der Waals surface area contributed by atoms with Gasteiger partial charge in [-0.3, -0.25) is 28.5 Å². The van der Waals surface area contributed by atoms with Gasteiger partial charge in [-0.25, -0.2) is 0 Å². The second kappa shape index (κ2) is 9.94. The molecule has 4 N–H and O–H groups in total. The Morgan fingerprint density at radius 2 is 0.932 bits per heavy atom. The van der Waals surface area contributed by atoms with Gasteiger partial charge in [-0.15, -0.1) is 0 Å². The van der Waals surface area contributed by atoms with Crippen molar-refractivity contribution in [2.24, 2.45) is 0 Å². The molecule has 7 aromatic carbocycles. The van der Waals surface area contributed by atoms with Gasteiger partial charge in [-0.2, -0.15) is 0 Å². The van der Waals surface area contributed by atoms with Gasteiger partial charge >= 0.3 is 15.2 Å². The Morgan fingerprint density at radius 1 is 0.500 bits per heavy atom. The zero-order chi connectivity index (χ0) is 31.0. The monoisotopic (exact) mass is 624 g/mol. The Hall–Kier alpha value is -4.66. The number of fused-ring (bicyclic) bond motifs is 2. The lowest BCUT2D eigenvalue weighted by Crippen LogP contribution is -2.24. The first kappa shape index (κ1) is 28.1. The molecule has 12 heteroatoms. The standard InChI is InChI=1S/C32H22N2O8P2/c35-17-33(19-5-9-21(10-6-19)43(37,38)39)31-28-16-15-27(28)29-25-13-14-26(24-4-2-1-3-23(24)25)30(29)32(31)34(18-36)20-7-11-22(12-8-20)44(40,41)42/h1-18H,(H2,37,38,39)(H2,40,41,42). The minimum absolute atomic E-state index is 0.212. The fraction of sp³-hybridized carbons (Fsp3) is 0. The van der Waals surface area contributed by atoms with Crippen LogP contribution in [0.15, 0.2) is 84.9 Å². The first-order valence-electron chi connectivity index (χ1n) is 13.3. The molecule has 218 valence electrons. The Morgan fingerprint density at radius 3 is 1.34 bits per heavy atom. The van der Waals surface area contributed by atoms with Crippen LogP contribution in [0.4, 0.5) is 22.7 Å². The number of anilines is 4. The van der Waals surface area contributed by atoms with Crippen molar-refractivity contribution < 1.29 is 38.3 Å². The molecule has 0 fully saturated rings. The maximum absolute atomic E-state index is 13.0. The number of benzene rings is 7. The van der Waals surface area contributed by atoms with Gasteiger partial charge in [0.25, 0.3) is 0 Å². The van der Waals surface area contributed by atoms with Crippen molar-refractivity contribution >= 4 is 106 Å². The van der Waals surface area contributed by atoms with Crippen LogP contribution < -0.4 is 20.4 Å². The smallest absolute Gasteiger partial charge is 0.321 e. The maximum Gasteiger partial charge on any atom is 0.356 e. The van der Waals surface area contributed by atoms with E-state index in [1.165, 1.54) is 58.3 Å². The van der Waals surface area contributed by atoms with Crippen LogP contribution in [-0.2, 0) is 18.7 Å². The zero-order valence-corrected chi connectivity index (χ0v) is 24.4. The van der Waals surface area contributed by atoms with Crippen molar-refractivity contribution in [3.63, 3.8) is 0 Å². The summed E-state index contributed by atoms with van der Waals surface area (Å²) < 4.78 is 23.7. The van der Waals surface area contributed by atoms with Crippen molar-refractivity contribution in [2.75, 3.05) is 9.80 Å². The van der Waals surface area contributed by atoms with Crippen LogP contribution in [0.2, 0.25) is 0 Å². The van der Waals surface area contributed by atoms with Gasteiger partial charge in [0, 0.05) is 27.7 Å². The molecular formula is C32H22N2O8P2. The van der Waals surface area contributed by atoms with Crippen LogP contribution in [0.3, 0.4) is 0 Å². The van der Waals surface area contributed by atoms with Crippen LogP contribution in [0.1, 0.15) is 11.1 Å². The highest BCUT2D eigenvalue weighted by Gasteiger charge is 2.32. The van der Waals surface area contributed by atoms with Gasteiger partial charge in [0.1, 0.15) is 0 Å². The molecule has 2 bridgehead atoms. The lowest BCUT2D eigenvalue weighted by Gasteiger charge is -2.34. The molecule has 0 aliphatic heterocycles. The molecule has 0 saturated heterocycles. The topological polar surface area (TPSA) is 156 Å². The number of hydrogen-bond donors (Lipinski definition) is 4. The first-order valence-corrected chi connectivity index (χ1v) is 16.5. The minimum atomic E-state index is -4.55.